The van der Waals surface area contributed by atoms with Crippen molar-refractivity contribution in [2.24, 2.45) is 0 Å². The molecular weight excluding hydrogens is 336 g/mol. The van der Waals surface area contributed by atoms with Crippen molar-refractivity contribution < 1.29 is 17.9 Å². The van der Waals surface area contributed by atoms with E-state index < -0.39 is 16.0 Å². The molecule has 0 saturated carbocycles. The molecule has 1 aromatic heterocycles. The third-order valence-electron chi connectivity index (χ3n) is 2.65. The third-order valence-corrected chi connectivity index (χ3v) is 3.21. The van der Waals surface area contributed by atoms with E-state index in [0.29, 0.717) is 17.9 Å². The molecule has 2 aromatic rings. The molecule has 0 aliphatic rings. The average Bonchev–Trinajstić information content (AvgIpc) is 2.50. The van der Waals surface area contributed by atoms with Crippen LogP contribution in [0.25, 0.3) is 0 Å². The number of anilines is 4. The summed E-state index contributed by atoms with van der Waals surface area (Å²) in [5.41, 5.74) is 6.50. The fraction of sp³-hybridized carbons (Fsp3) is 0.231. The number of nitrogens with zero attached hydrogens (tertiary/aromatic N) is 3. The van der Waals surface area contributed by atoms with Crippen LogP contribution in [0, 0.1) is 0 Å². The number of benzene rings is 1. The molecule has 0 aliphatic heterocycles. The van der Waals surface area contributed by atoms with Gasteiger partial charge in [-0.15, -0.1) is 10.2 Å². The van der Waals surface area contributed by atoms with Gasteiger partial charge in [-0.25, -0.2) is 13.2 Å². The van der Waals surface area contributed by atoms with Gasteiger partial charge in [0.05, 0.1) is 18.4 Å². The number of hydrogen-bond donors (Lipinski definition) is 3. The number of ether oxygens (including phenoxy) is 1. The lowest BCUT2D eigenvalue weighted by atomic mass is 10.2. The van der Waals surface area contributed by atoms with Gasteiger partial charge in [0, 0.05) is 5.69 Å². The molecule has 24 heavy (non-hydrogen) atoms. The van der Waals surface area contributed by atoms with Gasteiger partial charge in [0.1, 0.15) is 0 Å². The van der Waals surface area contributed by atoms with Crippen LogP contribution in [0.3, 0.4) is 0 Å². The maximum Gasteiger partial charge on any atom is 0.338 e. The summed E-state index contributed by atoms with van der Waals surface area (Å²) >= 11 is 0. The number of nitrogen functional groups attached to an aromatic ring is 1. The first-order chi connectivity index (χ1) is 11.3. The van der Waals surface area contributed by atoms with Crippen molar-refractivity contribution in [2.75, 3.05) is 28.6 Å². The number of carbonyl (C=O) groups is 1. The van der Waals surface area contributed by atoms with Gasteiger partial charge in [0.2, 0.25) is 16.0 Å². The summed E-state index contributed by atoms with van der Waals surface area (Å²) in [7, 11) is -3.55. The predicted molar refractivity (Wildman–Crippen MR) is 88.4 cm³/mol. The molecule has 128 valence electrons. The highest BCUT2D eigenvalue weighted by Crippen LogP contribution is 2.18. The Bertz CT molecular complexity index is 838. The summed E-state index contributed by atoms with van der Waals surface area (Å²) in [6.07, 6.45) is 0.968. The minimum atomic E-state index is -3.55. The molecule has 0 bridgehead atoms. The van der Waals surface area contributed by atoms with Gasteiger partial charge in [0.25, 0.3) is 0 Å². The minimum absolute atomic E-state index is 0.0410. The number of carbonyl (C=O) groups excluding carboxylic acids is 1. The van der Waals surface area contributed by atoms with Crippen molar-refractivity contribution in [1.82, 2.24) is 15.2 Å². The Balaban J connectivity index is 2.16. The van der Waals surface area contributed by atoms with Crippen LogP contribution in [-0.4, -0.2) is 42.4 Å². The van der Waals surface area contributed by atoms with Crippen LogP contribution in [0.15, 0.2) is 24.3 Å². The Morgan fingerprint density at radius 3 is 2.50 bits per heavy atom. The van der Waals surface area contributed by atoms with Crippen LogP contribution in [0.4, 0.5) is 23.3 Å². The van der Waals surface area contributed by atoms with E-state index in [2.05, 4.69) is 25.2 Å². The lowest BCUT2D eigenvalue weighted by Gasteiger charge is -2.09. The van der Waals surface area contributed by atoms with Crippen molar-refractivity contribution >= 4 is 39.3 Å². The number of aromatic nitrogens is 3. The Morgan fingerprint density at radius 1 is 1.25 bits per heavy atom. The van der Waals surface area contributed by atoms with E-state index in [0.717, 1.165) is 6.26 Å². The summed E-state index contributed by atoms with van der Waals surface area (Å²) in [4.78, 5) is 15.5. The van der Waals surface area contributed by atoms with Crippen molar-refractivity contribution in [3.05, 3.63) is 29.8 Å². The lowest BCUT2D eigenvalue weighted by Crippen LogP contribution is -2.15. The minimum Gasteiger partial charge on any atom is -0.462 e. The normalized spacial score (nSPS) is 10.9. The van der Waals surface area contributed by atoms with Crippen molar-refractivity contribution in [3.63, 3.8) is 0 Å². The first kappa shape index (κ1) is 17.4. The maximum absolute atomic E-state index is 11.6. The second kappa shape index (κ2) is 7.08. The Kier molecular flexibility index (Phi) is 5.14. The molecule has 1 aromatic carbocycles. The van der Waals surface area contributed by atoms with Crippen molar-refractivity contribution in [2.45, 2.75) is 6.92 Å². The Labute approximate surface area is 138 Å². The quantitative estimate of drug-likeness (QED) is 0.640. The topological polar surface area (TPSA) is 149 Å². The number of sulfonamides is 1. The van der Waals surface area contributed by atoms with E-state index in [1.807, 2.05) is 0 Å². The van der Waals surface area contributed by atoms with E-state index in [9.17, 15) is 13.2 Å². The summed E-state index contributed by atoms with van der Waals surface area (Å²) in [5.74, 6) is -0.657. The van der Waals surface area contributed by atoms with Gasteiger partial charge in [-0.1, -0.05) is 0 Å². The summed E-state index contributed by atoms with van der Waals surface area (Å²) < 4.78 is 29.6. The molecular formula is C13H16N6O4S. The molecule has 0 unspecified atom stereocenters. The van der Waals surface area contributed by atoms with Crippen LogP contribution >= 0.6 is 0 Å². The highest BCUT2D eigenvalue weighted by Gasteiger charge is 2.11. The molecule has 4 N–H and O–H groups in total. The van der Waals surface area contributed by atoms with Gasteiger partial charge in [-0.05, 0) is 31.2 Å². The zero-order chi connectivity index (χ0) is 17.7. The van der Waals surface area contributed by atoms with Gasteiger partial charge >= 0.3 is 5.97 Å². The van der Waals surface area contributed by atoms with Crippen LogP contribution in [-0.2, 0) is 14.8 Å². The molecule has 0 spiro atoms. The third kappa shape index (κ3) is 4.78. The van der Waals surface area contributed by atoms with Gasteiger partial charge in [-0.3, -0.25) is 4.72 Å². The lowest BCUT2D eigenvalue weighted by molar-refractivity contribution is 0.0526. The molecule has 0 radical (unpaired) electrons. The highest BCUT2D eigenvalue weighted by atomic mass is 32.2. The molecule has 1 heterocycles. The van der Waals surface area contributed by atoms with E-state index in [4.69, 9.17) is 10.5 Å². The second-order valence-electron chi connectivity index (χ2n) is 4.67. The molecule has 10 nitrogen and oxygen atoms in total. The molecule has 0 saturated heterocycles. The van der Waals surface area contributed by atoms with Gasteiger partial charge in [0.15, 0.2) is 11.6 Å². The molecule has 0 aliphatic carbocycles. The van der Waals surface area contributed by atoms with Gasteiger partial charge < -0.3 is 15.8 Å². The van der Waals surface area contributed by atoms with E-state index in [1.165, 1.54) is 0 Å². The highest BCUT2D eigenvalue weighted by molar-refractivity contribution is 7.92. The fourth-order valence-corrected chi connectivity index (χ4v) is 2.17. The number of hydrogen-bond acceptors (Lipinski definition) is 9. The number of nitrogens with one attached hydrogen (secondary N) is 2. The average molecular weight is 352 g/mol. The van der Waals surface area contributed by atoms with Crippen LogP contribution in [0.1, 0.15) is 17.3 Å². The summed E-state index contributed by atoms with van der Waals surface area (Å²) in [6.45, 7) is 2.02. The standard InChI is InChI=1S/C13H16N6O4S/c1-3-23-12(20)8-4-6-9(7-5-8)15-13-16-11(10(14)17-18-13)19-24(2,21)22/h4-7H,3H2,1-2H3,(H2,14,17)(H2,15,16,18,19). The predicted octanol–water partition coefficient (Wildman–Crippen LogP) is 0.746. The second-order valence-corrected chi connectivity index (χ2v) is 6.41. The maximum atomic E-state index is 11.6. The molecule has 0 fully saturated rings. The number of rotatable bonds is 6. The monoisotopic (exact) mass is 352 g/mol. The van der Waals surface area contributed by atoms with Crippen LogP contribution in [0.5, 0.6) is 0 Å². The molecule has 2 rings (SSSR count). The van der Waals surface area contributed by atoms with Crippen LogP contribution in [0.2, 0.25) is 0 Å². The first-order valence-electron chi connectivity index (χ1n) is 6.80. The van der Waals surface area contributed by atoms with Crippen molar-refractivity contribution in [3.8, 4) is 0 Å². The Morgan fingerprint density at radius 2 is 1.92 bits per heavy atom. The number of esters is 1. The summed E-state index contributed by atoms with van der Waals surface area (Å²) in [5, 5.41) is 10.2. The Hall–Kier alpha value is -2.95. The smallest absolute Gasteiger partial charge is 0.338 e. The zero-order valence-electron chi connectivity index (χ0n) is 13.0. The molecule has 11 heteroatoms. The molecule has 0 amide bonds. The molecule has 0 atom stereocenters. The van der Waals surface area contributed by atoms with E-state index in [1.54, 1.807) is 31.2 Å². The first-order valence-corrected chi connectivity index (χ1v) is 8.70. The van der Waals surface area contributed by atoms with Gasteiger partial charge in [-0.2, -0.15) is 4.98 Å². The summed E-state index contributed by atoms with van der Waals surface area (Å²) in [6, 6.07) is 6.38. The van der Waals surface area contributed by atoms with Crippen LogP contribution < -0.4 is 15.8 Å². The largest absolute Gasteiger partial charge is 0.462 e. The van der Waals surface area contributed by atoms with E-state index >= 15 is 0 Å². The zero-order valence-corrected chi connectivity index (χ0v) is 13.8. The number of nitrogens with two attached hydrogens (primary N) is 1. The van der Waals surface area contributed by atoms with Crippen molar-refractivity contribution in [1.29, 1.82) is 0 Å². The SMILES string of the molecule is CCOC(=O)c1ccc(Nc2nnc(N)c(NS(C)(=O)=O)n2)cc1. The van der Waals surface area contributed by atoms with E-state index in [-0.39, 0.29) is 17.6 Å². The fourth-order valence-electron chi connectivity index (χ4n) is 1.67.